The Kier molecular flexibility index (Phi) is 6.79. The molecule has 3 heterocycles. The predicted octanol–water partition coefficient (Wildman–Crippen LogP) is 4.29. The first-order chi connectivity index (χ1) is 13.6. The molecule has 0 aliphatic carbocycles. The number of aromatic nitrogens is 5. The van der Waals surface area contributed by atoms with Crippen LogP contribution in [0.15, 0.2) is 30.6 Å². The second kappa shape index (κ2) is 9.48. The van der Waals surface area contributed by atoms with Gasteiger partial charge in [0.2, 0.25) is 5.65 Å². The Morgan fingerprint density at radius 2 is 1.96 bits per heavy atom. The van der Waals surface area contributed by atoms with E-state index < -0.39 is 0 Å². The zero-order chi connectivity index (χ0) is 19.9. The Morgan fingerprint density at radius 1 is 1.14 bits per heavy atom. The van der Waals surface area contributed by atoms with Crippen molar-refractivity contribution in [3.8, 4) is 0 Å². The monoisotopic (exact) mass is 381 g/mol. The molecule has 28 heavy (non-hydrogen) atoms. The van der Waals surface area contributed by atoms with Crippen molar-refractivity contribution < 1.29 is 0 Å². The van der Waals surface area contributed by atoms with Gasteiger partial charge in [-0.25, -0.2) is 0 Å². The average Bonchev–Trinajstić information content (AvgIpc) is 3.14. The van der Waals surface area contributed by atoms with E-state index >= 15 is 0 Å². The lowest BCUT2D eigenvalue weighted by atomic mass is 10.1. The van der Waals surface area contributed by atoms with Gasteiger partial charge in [-0.2, -0.15) is 4.52 Å². The van der Waals surface area contributed by atoms with Crippen molar-refractivity contribution in [3.63, 3.8) is 0 Å². The minimum atomic E-state index is 0.254. The van der Waals surface area contributed by atoms with Gasteiger partial charge in [0.1, 0.15) is 5.82 Å². The molecule has 0 spiro atoms. The molecule has 0 unspecified atom stereocenters. The third-order valence-electron chi connectivity index (χ3n) is 4.93. The number of pyridine rings is 1. The van der Waals surface area contributed by atoms with Crippen molar-refractivity contribution in [1.29, 1.82) is 0 Å². The maximum atomic E-state index is 4.76. The molecule has 0 aliphatic heterocycles. The summed E-state index contributed by atoms with van der Waals surface area (Å²) in [6, 6.07) is 6.55. The highest BCUT2D eigenvalue weighted by Gasteiger charge is 2.16. The van der Waals surface area contributed by atoms with E-state index in [0.717, 1.165) is 55.2 Å². The van der Waals surface area contributed by atoms with Crippen LogP contribution in [0.2, 0.25) is 0 Å². The van der Waals surface area contributed by atoms with Crippen molar-refractivity contribution in [2.45, 2.75) is 65.3 Å². The number of nitrogens with one attached hydrogen (secondary N) is 2. The molecule has 3 aromatic heterocycles. The summed E-state index contributed by atoms with van der Waals surface area (Å²) in [7, 11) is 0. The molecule has 150 valence electrons. The van der Waals surface area contributed by atoms with Crippen LogP contribution < -0.4 is 10.6 Å². The molecule has 3 rings (SSSR count). The van der Waals surface area contributed by atoms with E-state index in [4.69, 9.17) is 5.10 Å². The van der Waals surface area contributed by atoms with Crippen LogP contribution in [-0.4, -0.2) is 37.4 Å². The summed E-state index contributed by atoms with van der Waals surface area (Å²) in [5.41, 5.74) is 3.00. The molecule has 0 saturated carbocycles. The maximum Gasteiger partial charge on any atom is 0.201 e. The van der Waals surface area contributed by atoms with Crippen LogP contribution in [0.1, 0.15) is 64.3 Å². The Balaban J connectivity index is 1.78. The highest BCUT2D eigenvalue weighted by molar-refractivity contribution is 5.70. The van der Waals surface area contributed by atoms with Crippen LogP contribution in [0, 0.1) is 0 Å². The van der Waals surface area contributed by atoms with Crippen molar-refractivity contribution in [2.24, 2.45) is 0 Å². The van der Waals surface area contributed by atoms with Gasteiger partial charge in [-0.05, 0) is 37.3 Å². The number of fused-ring (bicyclic) bond motifs is 1. The van der Waals surface area contributed by atoms with Crippen LogP contribution in [0.3, 0.4) is 0 Å². The highest BCUT2D eigenvalue weighted by Crippen LogP contribution is 2.23. The van der Waals surface area contributed by atoms with E-state index in [2.05, 4.69) is 65.6 Å². The van der Waals surface area contributed by atoms with E-state index in [-0.39, 0.29) is 5.92 Å². The van der Waals surface area contributed by atoms with E-state index in [0.29, 0.717) is 6.04 Å². The van der Waals surface area contributed by atoms with E-state index in [9.17, 15) is 0 Å². The fourth-order valence-electron chi connectivity index (χ4n) is 3.22. The first-order valence-electron chi connectivity index (χ1n) is 10.3. The number of nitrogens with zero attached hydrogens (tertiary/aromatic N) is 5. The molecule has 3 aromatic rings. The number of hydrogen-bond donors (Lipinski definition) is 2. The molecule has 0 amide bonds. The third kappa shape index (κ3) is 4.77. The molecule has 0 aromatic carbocycles. The number of anilines is 2. The van der Waals surface area contributed by atoms with Crippen LogP contribution in [0.4, 0.5) is 11.5 Å². The van der Waals surface area contributed by atoms with Gasteiger partial charge in [0, 0.05) is 37.0 Å². The molecular weight excluding hydrogens is 350 g/mol. The molecule has 0 saturated heterocycles. The Morgan fingerprint density at radius 3 is 2.64 bits per heavy atom. The first-order valence-corrected chi connectivity index (χ1v) is 10.3. The maximum absolute atomic E-state index is 4.76. The van der Waals surface area contributed by atoms with Gasteiger partial charge in [0.15, 0.2) is 5.82 Å². The Bertz CT molecular complexity index is 869. The fraction of sp³-hybridized carbons (Fsp3) is 0.524. The van der Waals surface area contributed by atoms with Gasteiger partial charge in [0.25, 0.3) is 0 Å². The van der Waals surface area contributed by atoms with Gasteiger partial charge in [-0.3, -0.25) is 4.98 Å². The summed E-state index contributed by atoms with van der Waals surface area (Å²) < 4.78 is 1.87. The van der Waals surface area contributed by atoms with Crippen molar-refractivity contribution in [3.05, 3.63) is 42.0 Å². The smallest absolute Gasteiger partial charge is 0.201 e. The third-order valence-corrected chi connectivity index (χ3v) is 4.93. The van der Waals surface area contributed by atoms with Crippen LogP contribution >= 0.6 is 0 Å². The van der Waals surface area contributed by atoms with Gasteiger partial charge < -0.3 is 10.6 Å². The average molecular weight is 382 g/mol. The summed E-state index contributed by atoms with van der Waals surface area (Å²) in [6.45, 7) is 9.45. The fourth-order valence-corrected chi connectivity index (χ4v) is 3.22. The zero-order valence-corrected chi connectivity index (χ0v) is 17.3. The van der Waals surface area contributed by atoms with E-state index in [1.54, 1.807) is 6.20 Å². The second-order valence-electron chi connectivity index (χ2n) is 7.44. The van der Waals surface area contributed by atoms with E-state index in [1.165, 1.54) is 5.56 Å². The minimum Gasteiger partial charge on any atom is -0.382 e. The zero-order valence-electron chi connectivity index (χ0n) is 17.3. The summed E-state index contributed by atoms with van der Waals surface area (Å²) in [4.78, 5) is 4.18. The number of rotatable bonds is 10. The summed E-state index contributed by atoms with van der Waals surface area (Å²) >= 11 is 0. The minimum absolute atomic E-state index is 0.254. The largest absolute Gasteiger partial charge is 0.382 e. The number of aryl methyl sites for hydroxylation is 1. The van der Waals surface area contributed by atoms with Gasteiger partial charge in [0.05, 0.1) is 5.69 Å². The topological polar surface area (TPSA) is 80.0 Å². The van der Waals surface area contributed by atoms with Gasteiger partial charge in [-0.1, -0.05) is 33.8 Å². The van der Waals surface area contributed by atoms with Gasteiger partial charge >= 0.3 is 0 Å². The molecule has 7 nitrogen and oxygen atoms in total. The first kappa shape index (κ1) is 20.0. The lowest BCUT2D eigenvalue weighted by Crippen LogP contribution is -2.19. The molecule has 0 atom stereocenters. The summed E-state index contributed by atoms with van der Waals surface area (Å²) in [5, 5.41) is 20.6. The standard InChI is InChI=1S/C21H31N7/c1-5-17(6-2)24-19-13-18(21-26-25-20(15(3)4)28(21)27-19)23-12-8-10-16-9-7-11-22-14-16/h7,9,11,13-15,17,23H,5-6,8,10,12H2,1-4H3,(H,24,27). The number of hydrogen-bond acceptors (Lipinski definition) is 6. The lowest BCUT2D eigenvalue weighted by molar-refractivity contribution is 0.661. The molecule has 0 bridgehead atoms. The van der Waals surface area contributed by atoms with E-state index in [1.807, 2.05) is 16.8 Å². The molecule has 0 aliphatic rings. The van der Waals surface area contributed by atoms with Crippen molar-refractivity contribution in [1.82, 2.24) is 24.8 Å². The molecule has 0 radical (unpaired) electrons. The Hall–Kier alpha value is -2.70. The van der Waals surface area contributed by atoms with Crippen LogP contribution in [0.5, 0.6) is 0 Å². The molecular formula is C21H31N7. The summed E-state index contributed by atoms with van der Waals surface area (Å²) in [6.07, 6.45) is 7.86. The van der Waals surface area contributed by atoms with Gasteiger partial charge in [-0.15, -0.1) is 15.3 Å². The van der Waals surface area contributed by atoms with Crippen molar-refractivity contribution in [2.75, 3.05) is 17.2 Å². The Labute approximate surface area is 167 Å². The molecule has 0 fully saturated rings. The predicted molar refractivity (Wildman–Crippen MR) is 114 cm³/mol. The molecule has 7 heteroatoms. The normalized spacial score (nSPS) is 11.5. The highest BCUT2D eigenvalue weighted by atomic mass is 15.4. The second-order valence-corrected chi connectivity index (χ2v) is 7.44. The summed E-state index contributed by atoms with van der Waals surface area (Å²) in [5.74, 6) is 1.99. The van der Waals surface area contributed by atoms with Crippen LogP contribution in [0.25, 0.3) is 5.65 Å². The molecule has 2 N–H and O–H groups in total. The lowest BCUT2D eigenvalue weighted by Gasteiger charge is -2.17. The van der Waals surface area contributed by atoms with Crippen molar-refractivity contribution >= 4 is 17.2 Å². The van der Waals surface area contributed by atoms with Crippen LogP contribution in [-0.2, 0) is 6.42 Å². The quantitative estimate of drug-likeness (QED) is 0.510. The SMILES string of the molecule is CCC(CC)Nc1cc(NCCCc2cccnc2)c2nnc(C(C)C)n2n1.